The van der Waals surface area contributed by atoms with Crippen molar-refractivity contribution in [2.75, 3.05) is 6.61 Å². The van der Waals surface area contributed by atoms with Crippen molar-refractivity contribution in [3.63, 3.8) is 0 Å². The van der Waals surface area contributed by atoms with Gasteiger partial charge in [0.1, 0.15) is 0 Å². The number of aliphatic hydroxyl groups excluding tert-OH is 1. The Morgan fingerprint density at radius 3 is 2.82 bits per heavy atom. The standard InChI is InChI=1S/C12H21N3O2/c1-10(2)11(9-16)14-12(17)5-3-7-15-8-4-6-13-15/h4,6,8,10-11,16H,3,5,7,9H2,1-2H3,(H,14,17)/t11-/m1/s1. The molecule has 0 unspecified atom stereocenters. The lowest BCUT2D eigenvalue weighted by atomic mass is 10.1. The van der Waals surface area contributed by atoms with E-state index in [4.69, 9.17) is 5.11 Å². The van der Waals surface area contributed by atoms with Gasteiger partial charge < -0.3 is 10.4 Å². The van der Waals surface area contributed by atoms with E-state index in [1.165, 1.54) is 0 Å². The summed E-state index contributed by atoms with van der Waals surface area (Å²) in [5, 5.41) is 16.0. The molecule has 1 rings (SSSR count). The molecule has 1 amide bonds. The highest BCUT2D eigenvalue weighted by Gasteiger charge is 2.14. The molecule has 1 heterocycles. The first-order chi connectivity index (χ1) is 8.13. The Kier molecular flexibility index (Phi) is 5.69. The number of carbonyl (C=O) groups excluding carboxylic acids is 1. The Labute approximate surface area is 102 Å². The van der Waals surface area contributed by atoms with Gasteiger partial charge in [0.05, 0.1) is 12.6 Å². The predicted molar refractivity (Wildman–Crippen MR) is 65.3 cm³/mol. The molecule has 0 fully saturated rings. The lowest BCUT2D eigenvalue weighted by Gasteiger charge is -2.19. The van der Waals surface area contributed by atoms with Crippen LogP contribution in [0, 0.1) is 5.92 Å². The molecule has 0 bridgehead atoms. The quantitative estimate of drug-likeness (QED) is 0.739. The zero-order valence-corrected chi connectivity index (χ0v) is 10.5. The number of nitrogens with one attached hydrogen (secondary N) is 1. The fourth-order valence-corrected chi connectivity index (χ4v) is 1.54. The Bertz CT molecular complexity index is 323. The van der Waals surface area contributed by atoms with Crippen LogP contribution in [0.3, 0.4) is 0 Å². The molecular formula is C12H21N3O2. The summed E-state index contributed by atoms with van der Waals surface area (Å²) in [5.41, 5.74) is 0. The molecule has 1 aromatic rings. The monoisotopic (exact) mass is 239 g/mol. The van der Waals surface area contributed by atoms with Crippen LogP contribution in [0.2, 0.25) is 0 Å². The number of amides is 1. The minimum atomic E-state index is -0.146. The van der Waals surface area contributed by atoms with Gasteiger partial charge in [-0.05, 0) is 18.4 Å². The highest BCUT2D eigenvalue weighted by Crippen LogP contribution is 2.02. The molecule has 0 saturated heterocycles. The van der Waals surface area contributed by atoms with Gasteiger partial charge in [-0.3, -0.25) is 9.48 Å². The van der Waals surface area contributed by atoms with Crippen LogP contribution in [-0.2, 0) is 11.3 Å². The molecule has 17 heavy (non-hydrogen) atoms. The maximum Gasteiger partial charge on any atom is 0.220 e. The fourth-order valence-electron chi connectivity index (χ4n) is 1.54. The van der Waals surface area contributed by atoms with Crippen molar-refractivity contribution in [3.05, 3.63) is 18.5 Å². The normalized spacial score (nSPS) is 12.7. The second kappa shape index (κ2) is 7.06. The lowest BCUT2D eigenvalue weighted by molar-refractivity contribution is -0.122. The predicted octanol–water partition coefficient (Wildman–Crippen LogP) is 0.796. The molecule has 96 valence electrons. The maximum absolute atomic E-state index is 11.6. The number of aromatic nitrogens is 2. The lowest BCUT2D eigenvalue weighted by Crippen LogP contribution is -2.41. The Morgan fingerprint density at radius 2 is 2.29 bits per heavy atom. The maximum atomic E-state index is 11.6. The summed E-state index contributed by atoms with van der Waals surface area (Å²) in [4.78, 5) is 11.6. The summed E-state index contributed by atoms with van der Waals surface area (Å²) in [6.45, 7) is 4.68. The van der Waals surface area contributed by atoms with Crippen LogP contribution in [0.25, 0.3) is 0 Å². The SMILES string of the molecule is CC(C)[C@@H](CO)NC(=O)CCCn1cccn1. The van der Waals surface area contributed by atoms with E-state index < -0.39 is 0 Å². The van der Waals surface area contributed by atoms with Crippen LogP contribution >= 0.6 is 0 Å². The van der Waals surface area contributed by atoms with E-state index in [-0.39, 0.29) is 24.5 Å². The van der Waals surface area contributed by atoms with Crippen molar-refractivity contribution < 1.29 is 9.90 Å². The molecule has 0 saturated carbocycles. The number of aliphatic hydroxyl groups is 1. The summed E-state index contributed by atoms with van der Waals surface area (Å²) in [6.07, 6.45) is 4.82. The van der Waals surface area contributed by atoms with Gasteiger partial charge in [0.15, 0.2) is 0 Å². The first-order valence-electron chi connectivity index (χ1n) is 6.01. The van der Waals surface area contributed by atoms with Crippen molar-refractivity contribution in [1.29, 1.82) is 0 Å². The van der Waals surface area contributed by atoms with Crippen LogP contribution in [-0.4, -0.2) is 33.4 Å². The van der Waals surface area contributed by atoms with Crippen LogP contribution in [0.1, 0.15) is 26.7 Å². The van der Waals surface area contributed by atoms with E-state index in [1.807, 2.05) is 26.1 Å². The minimum Gasteiger partial charge on any atom is -0.394 e. The molecule has 0 aromatic carbocycles. The number of hydrogen-bond acceptors (Lipinski definition) is 3. The van der Waals surface area contributed by atoms with Crippen LogP contribution in [0.15, 0.2) is 18.5 Å². The zero-order chi connectivity index (χ0) is 12.7. The molecule has 2 N–H and O–H groups in total. The molecule has 1 aromatic heterocycles. The van der Waals surface area contributed by atoms with Crippen molar-refractivity contribution in [2.24, 2.45) is 5.92 Å². The minimum absolute atomic E-state index is 0.00935. The van der Waals surface area contributed by atoms with Crippen molar-refractivity contribution >= 4 is 5.91 Å². The largest absolute Gasteiger partial charge is 0.394 e. The van der Waals surface area contributed by atoms with Crippen LogP contribution in [0.5, 0.6) is 0 Å². The van der Waals surface area contributed by atoms with Crippen LogP contribution < -0.4 is 5.32 Å². The van der Waals surface area contributed by atoms with Gasteiger partial charge in [-0.1, -0.05) is 13.8 Å². The molecule has 5 heteroatoms. The molecule has 5 nitrogen and oxygen atoms in total. The molecule has 0 radical (unpaired) electrons. The van der Waals surface area contributed by atoms with Crippen molar-refractivity contribution in [2.45, 2.75) is 39.3 Å². The third kappa shape index (κ3) is 4.99. The van der Waals surface area contributed by atoms with Crippen molar-refractivity contribution in [3.8, 4) is 0 Å². The van der Waals surface area contributed by atoms with E-state index in [0.29, 0.717) is 6.42 Å². The van der Waals surface area contributed by atoms with Gasteiger partial charge in [0.25, 0.3) is 0 Å². The van der Waals surface area contributed by atoms with Gasteiger partial charge in [-0.25, -0.2) is 0 Å². The summed E-state index contributed by atoms with van der Waals surface area (Å²) in [7, 11) is 0. The highest BCUT2D eigenvalue weighted by molar-refractivity contribution is 5.76. The van der Waals surface area contributed by atoms with Crippen LogP contribution in [0.4, 0.5) is 0 Å². The van der Waals surface area contributed by atoms with E-state index in [0.717, 1.165) is 13.0 Å². The third-order valence-electron chi connectivity index (χ3n) is 2.70. The molecule has 0 aliphatic heterocycles. The second-order valence-electron chi connectivity index (χ2n) is 4.47. The Hall–Kier alpha value is -1.36. The van der Waals surface area contributed by atoms with Gasteiger partial charge >= 0.3 is 0 Å². The Balaban J connectivity index is 2.20. The molecule has 1 atom stereocenters. The molecule has 0 aliphatic carbocycles. The number of hydrogen-bond donors (Lipinski definition) is 2. The van der Waals surface area contributed by atoms with Gasteiger partial charge in [-0.15, -0.1) is 0 Å². The summed E-state index contributed by atoms with van der Waals surface area (Å²) in [5.74, 6) is 0.236. The molecule has 0 aliphatic rings. The molecule has 0 spiro atoms. The summed E-state index contributed by atoms with van der Waals surface area (Å²) < 4.78 is 1.80. The molecular weight excluding hydrogens is 218 g/mol. The summed E-state index contributed by atoms with van der Waals surface area (Å²) >= 11 is 0. The first-order valence-corrected chi connectivity index (χ1v) is 6.01. The fraction of sp³-hybridized carbons (Fsp3) is 0.667. The second-order valence-corrected chi connectivity index (χ2v) is 4.47. The number of rotatable bonds is 7. The smallest absolute Gasteiger partial charge is 0.220 e. The van der Waals surface area contributed by atoms with Gasteiger partial charge in [0.2, 0.25) is 5.91 Å². The summed E-state index contributed by atoms with van der Waals surface area (Å²) in [6, 6.07) is 1.72. The highest BCUT2D eigenvalue weighted by atomic mass is 16.3. The number of carbonyl (C=O) groups is 1. The average molecular weight is 239 g/mol. The number of aryl methyl sites for hydroxylation is 1. The topological polar surface area (TPSA) is 67.2 Å². The van der Waals surface area contributed by atoms with E-state index >= 15 is 0 Å². The average Bonchev–Trinajstić information content (AvgIpc) is 2.78. The first kappa shape index (κ1) is 13.7. The van der Waals surface area contributed by atoms with Gasteiger partial charge in [-0.2, -0.15) is 5.10 Å². The van der Waals surface area contributed by atoms with E-state index in [9.17, 15) is 4.79 Å². The van der Waals surface area contributed by atoms with Gasteiger partial charge in [0, 0.05) is 25.4 Å². The van der Waals surface area contributed by atoms with Crippen molar-refractivity contribution in [1.82, 2.24) is 15.1 Å². The Morgan fingerprint density at radius 1 is 1.53 bits per heavy atom. The number of nitrogens with zero attached hydrogens (tertiary/aromatic N) is 2. The van der Waals surface area contributed by atoms with E-state index in [2.05, 4.69) is 10.4 Å². The third-order valence-corrected chi connectivity index (χ3v) is 2.70. The van der Waals surface area contributed by atoms with E-state index in [1.54, 1.807) is 10.9 Å². The zero-order valence-electron chi connectivity index (χ0n) is 10.5.